The van der Waals surface area contributed by atoms with Gasteiger partial charge in [-0.2, -0.15) is 4.98 Å². The number of carbonyl (C=O) groups excluding carboxylic acids is 1. The third-order valence-corrected chi connectivity index (χ3v) is 4.95. The van der Waals surface area contributed by atoms with Crippen molar-refractivity contribution in [2.24, 2.45) is 5.73 Å². The maximum atomic E-state index is 12.4. The smallest absolute Gasteiger partial charge is 0.270 e. The van der Waals surface area contributed by atoms with Crippen LogP contribution in [0, 0.1) is 10.1 Å². The van der Waals surface area contributed by atoms with Crippen LogP contribution in [0.15, 0.2) is 59.8 Å². The first-order chi connectivity index (χ1) is 14.9. The van der Waals surface area contributed by atoms with Crippen molar-refractivity contribution in [1.29, 1.82) is 0 Å². The molecule has 0 saturated carbocycles. The predicted octanol–water partition coefficient (Wildman–Crippen LogP) is 3.03. The monoisotopic (exact) mass is 420 g/mol. The molecular formula is C21H20N6O4. The summed E-state index contributed by atoms with van der Waals surface area (Å²) in [6, 6.07) is 12.7. The van der Waals surface area contributed by atoms with E-state index in [2.05, 4.69) is 15.4 Å². The van der Waals surface area contributed by atoms with E-state index < -0.39 is 16.9 Å². The second-order valence-corrected chi connectivity index (χ2v) is 6.91. The molecule has 3 aromatic rings. The van der Waals surface area contributed by atoms with Gasteiger partial charge in [0, 0.05) is 29.0 Å². The Morgan fingerprint density at radius 2 is 2.06 bits per heavy atom. The average Bonchev–Trinajstić information content (AvgIpc) is 3.17. The number of anilines is 1. The quantitative estimate of drug-likeness (QED) is 0.462. The molecular weight excluding hydrogens is 400 g/mol. The fourth-order valence-electron chi connectivity index (χ4n) is 3.63. The van der Waals surface area contributed by atoms with Gasteiger partial charge >= 0.3 is 0 Å². The van der Waals surface area contributed by atoms with Crippen molar-refractivity contribution in [3.05, 3.63) is 75.5 Å². The summed E-state index contributed by atoms with van der Waals surface area (Å²) in [5.41, 5.74) is 7.72. The molecule has 0 spiro atoms. The number of nitro benzene ring substituents is 1. The molecule has 0 radical (unpaired) electrons. The molecule has 0 bridgehead atoms. The number of ether oxygens (including phenoxy) is 1. The fraction of sp³-hybridized carbons (Fsp3) is 0.190. The van der Waals surface area contributed by atoms with Crippen LogP contribution >= 0.6 is 0 Å². The fourth-order valence-corrected chi connectivity index (χ4v) is 3.63. The molecule has 1 aromatic heterocycles. The topological polar surface area (TPSA) is 138 Å². The number of non-ortho nitro benzene ring substituents is 1. The molecule has 10 heteroatoms. The maximum Gasteiger partial charge on any atom is 0.270 e. The van der Waals surface area contributed by atoms with E-state index in [0.717, 1.165) is 0 Å². The molecule has 2 heterocycles. The predicted molar refractivity (Wildman–Crippen MR) is 113 cm³/mol. The number of aromatic nitrogens is 3. The summed E-state index contributed by atoms with van der Waals surface area (Å²) in [4.78, 5) is 27.6. The van der Waals surface area contributed by atoms with Crippen LogP contribution in [0.25, 0.3) is 11.4 Å². The molecule has 1 aliphatic rings. The Morgan fingerprint density at radius 3 is 2.77 bits per heavy atom. The Balaban J connectivity index is 1.89. The number of benzene rings is 2. The summed E-state index contributed by atoms with van der Waals surface area (Å²) in [6.07, 6.45) is 0. The number of fused-ring (bicyclic) bond motifs is 1. The summed E-state index contributed by atoms with van der Waals surface area (Å²) < 4.78 is 7.33. The minimum atomic E-state index is -0.670. The Bertz CT molecular complexity index is 1220. The lowest BCUT2D eigenvalue weighted by Gasteiger charge is -2.28. The van der Waals surface area contributed by atoms with E-state index in [1.165, 1.54) is 12.1 Å². The summed E-state index contributed by atoms with van der Waals surface area (Å²) in [5.74, 6) is 0.671. The van der Waals surface area contributed by atoms with Gasteiger partial charge in [-0.25, -0.2) is 4.68 Å². The van der Waals surface area contributed by atoms with Gasteiger partial charge in [-0.05, 0) is 19.9 Å². The number of hydrogen-bond acceptors (Lipinski definition) is 7. The Kier molecular flexibility index (Phi) is 5.12. The zero-order valence-corrected chi connectivity index (χ0v) is 16.9. The Labute approximate surface area is 177 Å². The minimum Gasteiger partial charge on any atom is -0.494 e. The van der Waals surface area contributed by atoms with E-state index in [9.17, 15) is 14.9 Å². The van der Waals surface area contributed by atoms with Crippen LogP contribution < -0.4 is 15.8 Å². The van der Waals surface area contributed by atoms with Crippen LogP contribution in [-0.4, -0.2) is 32.2 Å². The van der Waals surface area contributed by atoms with Crippen molar-refractivity contribution in [1.82, 2.24) is 14.8 Å². The lowest BCUT2D eigenvalue weighted by molar-refractivity contribution is -0.384. The number of primary amides is 1. The number of para-hydroxylation sites is 1. The first-order valence-electron chi connectivity index (χ1n) is 9.61. The lowest BCUT2D eigenvalue weighted by Crippen LogP contribution is -2.32. The zero-order chi connectivity index (χ0) is 22.1. The molecule has 0 saturated heterocycles. The van der Waals surface area contributed by atoms with E-state index in [1.54, 1.807) is 23.7 Å². The molecule has 1 amide bonds. The number of allylic oxidation sites excluding steroid dienone is 1. The third-order valence-electron chi connectivity index (χ3n) is 4.95. The van der Waals surface area contributed by atoms with Crippen molar-refractivity contribution in [2.45, 2.75) is 19.9 Å². The summed E-state index contributed by atoms with van der Waals surface area (Å²) in [6.45, 7) is 4.05. The SMILES string of the molecule is CCOc1ccccc1C1C(C(N)=O)=C(C)Nc2nc(-c3cccc([N+](=O)[O-])c3)nn21. The second-order valence-electron chi connectivity index (χ2n) is 6.91. The second kappa shape index (κ2) is 7.90. The molecule has 31 heavy (non-hydrogen) atoms. The number of carbonyl (C=O) groups is 1. The van der Waals surface area contributed by atoms with Gasteiger partial charge in [-0.1, -0.05) is 30.3 Å². The maximum absolute atomic E-state index is 12.4. The highest BCUT2D eigenvalue weighted by Crippen LogP contribution is 2.39. The molecule has 1 atom stereocenters. The van der Waals surface area contributed by atoms with Crippen LogP contribution in [0.1, 0.15) is 25.5 Å². The summed E-state index contributed by atoms with van der Waals surface area (Å²) in [7, 11) is 0. The van der Waals surface area contributed by atoms with Crippen molar-refractivity contribution in [3.8, 4) is 17.1 Å². The highest BCUT2D eigenvalue weighted by Gasteiger charge is 2.35. The average molecular weight is 420 g/mol. The highest BCUT2D eigenvalue weighted by atomic mass is 16.6. The van der Waals surface area contributed by atoms with Crippen molar-refractivity contribution < 1.29 is 14.5 Å². The van der Waals surface area contributed by atoms with Gasteiger partial charge in [0.1, 0.15) is 11.8 Å². The molecule has 0 fully saturated rings. The molecule has 158 valence electrons. The van der Waals surface area contributed by atoms with Gasteiger partial charge < -0.3 is 15.8 Å². The van der Waals surface area contributed by atoms with Crippen molar-refractivity contribution in [3.63, 3.8) is 0 Å². The number of nitrogens with one attached hydrogen (secondary N) is 1. The largest absolute Gasteiger partial charge is 0.494 e. The van der Waals surface area contributed by atoms with Crippen LogP contribution in [-0.2, 0) is 4.79 Å². The minimum absolute atomic E-state index is 0.0661. The molecule has 1 aliphatic heterocycles. The third kappa shape index (κ3) is 3.59. The molecule has 2 aromatic carbocycles. The van der Waals surface area contributed by atoms with Gasteiger partial charge in [0.05, 0.1) is 17.1 Å². The molecule has 1 unspecified atom stereocenters. The summed E-state index contributed by atoms with van der Waals surface area (Å²) in [5, 5.41) is 18.8. The van der Waals surface area contributed by atoms with Crippen molar-refractivity contribution in [2.75, 3.05) is 11.9 Å². The van der Waals surface area contributed by atoms with E-state index in [1.807, 2.05) is 31.2 Å². The first kappa shape index (κ1) is 20.1. The first-order valence-corrected chi connectivity index (χ1v) is 9.61. The number of nitrogens with two attached hydrogens (primary N) is 1. The van der Waals surface area contributed by atoms with E-state index in [4.69, 9.17) is 10.5 Å². The number of rotatable bonds is 6. The van der Waals surface area contributed by atoms with Crippen LogP contribution in [0.2, 0.25) is 0 Å². The van der Waals surface area contributed by atoms with E-state index in [-0.39, 0.29) is 11.5 Å². The Hall–Kier alpha value is -4.21. The Morgan fingerprint density at radius 1 is 1.29 bits per heavy atom. The molecule has 10 nitrogen and oxygen atoms in total. The number of nitro groups is 1. The molecule has 3 N–H and O–H groups in total. The van der Waals surface area contributed by atoms with Crippen LogP contribution in [0.5, 0.6) is 5.75 Å². The lowest BCUT2D eigenvalue weighted by atomic mass is 9.94. The number of nitrogens with zero attached hydrogens (tertiary/aromatic N) is 4. The number of amides is 1. The normalized spacial score (nSPS) is 15.2. The van der Waals surface area contributed by atoms with Gasteiger partial charge in [0.15, 0.2) is 5.82 Å². The van der Waals surface area contributed by atoms with Crippen LogP contribution in [0.4, 0.5) is 11.6 Å². The molecule has 0 aliphatic carbocycles. The highest BCUT2D eigenvalue weighted by molar-refractivity contribution is 5.95. The van der Waals surface area contributed by atoms with Gasteiger partial charge in [0.2, 0.25) is 11.9 Å². The number of hydrogen-bond donors (Lipinski definition) is 2. The molecule has 4 rings (SSSR count). The van der Waals surface area contributed by atoms with Gasteiger partial charge in [-0.15, -0.1) is 5.10 Å². The van der Waals surface area contributed by atoms with E-state index in [0.29, 0.717) is 40.7 Å². The standard InChI is InChI=1S/C21H20N6O4/c1-3-31-16-10-5-4-9-15(16)18-17(19(22)28)12(2)23-21-24-20(25-26(18)21)13-7-6-8-14(11-13)27(29)30/h4-11,18H,3H2,1-2H3,(H2,22,28)(H,23,24,25). The van der Waals surface area contributed by atoms with Gasteiger partial charge in [-0.3, -0.25) is 14.9 Å². The van der Waals surface area contributed by atoms with E-state index >= 15 is 0 Å². The van der Waals surface area contributed by atoms with Crippen LogP contribution in [0.3, 0.4) is 0 Å². The van der Waals surface area contributed by atoms with Crippen molar-refractivity contribution >= 4 is 17.5 Å². The summed E-state index contributed by atoms with van der Waals surface area (Å²) >= 11 is 0. The zero-order valence-electron chi connectivity index (χ0n) is 16.9. The van der Waals surface area contributed by atoms with Gasteiger partial charge in [0.25, 0.3) is 5.69 Å².